The van der Waals surface area contributed by atoms with Gasteiger partial charge in [-0.2, -0.15) is 0 Å². The van der Waals surface area contributed by atoms with Crippen molar-refractivity contribution in [3.63, 3.8) is 0 Å². The molecule has 3 aromatic rings. The first-order valence-corrected chi connectivity index (χ1v) is 10.2. The highest BCUT2D eigenvalue weighted by Gasteiger charge is 2.25. The smallest absolute Gasteiger partial charge is 0.341 e. The molecule has 2 aromatic carbocycles. The standard InChI is InChI=1S/C21H17N3O7S/c1-2-31-21(26)19-16(13-6-4-3-5-7-13)12-32-20(19)22-18(25)10-14-8-9-15(23(27)28)11-17(14)24(29)30/h3-9,11-12H,2,10H2,1H3,(H,22,25). The first-order valence-electron chi connectivity index (χ1n) is 9.37. The van der Waals surface area contributed by atoms with E-state index in [1.54, 1.807) is 12.3 Å². The van der Waals surface area contributed by atoms with Gasteiger partial charge in [-0.1, -0.05) is 30.3 Å². The van der Waals surface area contributed by atoms with E-state index in [2.05, 4.69) is 5.32 Å². The van der Waals surface area contributed by atoms with E-state index in [9.17, 15) is 29.8 Å². The van der Waals surface area contributed by atoms with Gasteiger partial charge in [0.1, 0.15) is 10.6 Å². The van der Waals surface area contributed by atoms with E-state index < -0.39 is 39.5 Å². The maximum Gasteiger partial charge on any atom is 0.341 e. The van der Waals surface area contributed by atoms with Crippen molar-refractivity contribution in [1.82, 2.24) is 0 Å². The van der Waals surface area contributed by atoms with Crippen LogP contribution in [-0.2, 0) is 16.0 Å². The molecule has 0 atom stereocenters. The van der Waals surface area contributed by atoms with Crippen molar-refractivity contribution in [2.45, 2.75) is 13.3 Å². The van der Waals surface area contributed by atoms with Gasteiger partial charge in [0, 0.05) is 22.6 Å². The summed E-state index contributed by atoms with van der Waals surface area (Å²) in [5, 5.41) is 26.8. The Morgan fingerprint density at radius 1 is 1.06 bits per heavy atom. The first-order chi connectivity index (χ1) is 15.3. The van der Waals surface area contributed by atoms with Crippen molar-refractivity contribution in [3.05, 3.63) is 85.3 Å². The Kier molecular flexibility index (Phi) is 6.90. The molecule has 0 saturated heterocycles. The average Bonchev–Trinajstić information content (AvgIpc) is 3.17. The summed E-state index contributed by atoms with van der Waals surface area (Å²) in [4.78, 5) is 45.9. The molecule has 0 bridgehead atoms. The fraction of sp³-hybridized carbons (Fsp3) is 0.143. The van der Waals surface area contributed by atoms with Gasteiger partial charge in [0.2, 0.25) is 5.91 Å². The molecule has 1 heterocycles. The number of ether oxygens (including phenoxy) is 1. The van der Waals surface area contributed by atoms with Gasteiger partial charge in [0.15, 0.2) is 0 Å². The number of carbonyl (C=O) groups excluding carboxylic acids is 2. The number of benzene rings is 2. The van der Waals surface area contributed by atoms with Gasteiger partial charge in [0.25, 0.3) is 11.4 Å². The van der Waals surface area contributed by atoms with Crippen molar-refractivity contribution >= 4 is 39.6 Å². The fourth-order valence-electron chi connectivity index (χ4n) is 3.02. The molecule has 10 nitrogen and oxygen atoms in total. The number of nitro groups is 2. The van der Waals surface area contributed by atoms with Crippen LogP contribution < -0.4 is 5.32 Å². The van der Waals surface area contributed by atoms with Crippen LogP contribution in [0.25, 0.3) is 11.1 Å². The van der Waals surface area contributed by atoms with Crippen LogP contribution in [0.4, 0.5) is 16.4 Å². The lowest BCUT2D eigenvalue weighted by Gasteiger charge is -2.09. The zero-order valence-electron chi connectivity index (χ0n) is 16.8. The topological polar surface area (TPSA) is 142 Å². The van der Waals surface area contributed by atoms with Gasteiger partial charge in [-0.05, 0) is 18.6 Å². The summed E-state index contributed by atoms with van der Waals surface area (Å²) in [6, 6.07) is 12.2. The van der Waals surface area contributed by atoms with Crippen molar-refractivity contribution in [2.24, 2.45) is 0 Å². The number of thiophene rings is 1. The largest absolute Gasteiger partial charge is 0.462 e. The molecule has 32 heavy (non-hydrogen) atoms. The Labute approximate surface area is 185 Å². The number of non-ortho nitro benzene ring substituents is 1. The number of nitro benzene ring substituents is 2. The minimum Gasteiger partial charge on any atom is -0.462 e. The summed E-state index contributed by atoms with van der Waals surface area (Å²) in [5.41, 5.74) is 0.571. The van der Waals surface area contributed by atoms with Crippen molar-refractivity contribution in [2.75, 3.05) is 11.9 Å². The molecule has 11 heteroatoms. The fourth-order valence-corrected chi connectivity index (χ4v) is 3.99. The molecule has 1 aromatic heterocycles. The van der Waals surface area contributed by atoms with Crippen LogP contribution in [0.15, 0.2) is 53.9 Å². The summed E-state index contributed by atoms with van der Waals surface area (Å²) in [6.07, 6.45) is -0.408. The van der Waals surface area contributed by atoms with Gasteiger partial charge >= 0.3 is 5.97 Å². The van der Waals surface area contributed by atoms with E-state index in [0.29, 0.717) is 5.56 Å². The third-order valence-electron chi connectivity index (χ3n) is 4.44. The molecule has 0 aliphatic heterocycles. The maximum atomic E-state index is 12.6. The molecule has 0 unspecified atom stereocenters. The summed E-state index contributed by atoms with van der Waals surface area (Å²) < 4.78 is 5.14. The highest BCUT2D eigenvalue weighted by molar-refractivity contribution is 7.15. The number of nitrogens with zero attached hydrogens (tertiary/aromatic N) is 2. The molecule has 164 valence electrons. The lowest BCUT2D eigenvalue weighted by Crippen LogP contribution is -2.17. The number of hydrogen-bond acceptors (Lipinski definition) is 8. The Morgan fingerprint density at radius 3 is 2.41 bits per heavy atom. The van der Waals surface area contributed by atoms with Crippen molar-refractivity contribution < 1.29 is 24.2 Å². The van der Waals surface area contributed by atoms with E-state index in [1.165, 1.54) is 6.07 Å². The second kappa shape index (κ2) is 9.79. The van der Waals surface area contributed by atoms with Gasteiger partial charge in [-0.3, -0.25) is 25.0 Å². The monoisotopic (exact) mass is 455 g/mol. The zero-order valence-corrected chi connectivity index (χ0v) is 17.6. The Morgan fingerprint density at radius 2 is 1.78 bits per heavy atom. The van der Waals surface area contributed by atoms with Gasteiger partial charge in [-0.15, -0.1) is 11.3 Å². The molecule has 0 aliphatic rings. The highest BCUT2D eigenvalue weighted by Crippen LogP contribution is 2.36. The molecule has 0 aliphatic carbocycles. The number of hydrogen-bond donors (Lipinski definition) is 1. The number of nitrogens with one attached hydrogen (secondary N) is 1. The molecule has 1 N–H and O–H groups in total. The lowest BCUT2D eigenvalue weighted by molar-refractivity contribution is -0.394. The summed E-state index contributed by atoms with van der Waals surface area (Å²) >= 11 is 1.12. The van der Waals surface area contributed by atoms with E-state index in [1.807, 2.05) is 30.3 Å². The maximum absolute atomic E-state index is 12.6. The van der Waals surface area contributed by atoms with E-state index in [-0.39, 0.29) is 22.7 Å². The Bertz CT molecular complexity index is 1190. The predicted octanol–water partition coefficient (Wildman–Crippen LogP) is 4.59. The number of anilines is 1. The van der Waals surface area contributed by atoms with Crippen LogP contribution in [0, 0.1) is 20.2 Å². The van der Waals surface area contributed by atoms with Crippen LogP contribution >= 0.6 is 11.3 Å². The second-order valence-electron chi connectivity index (χ2n) is 6.49. The Balaban J connectivity index is 1.90. The second-order valence-corrected chi connectivity index (χ2v) is 7.37. The van der Waals surface area contributed by atoms with Crippen molar-refractivity contribution in [3.8, 4) is 11.1 Å². The van der Waals surface area contributed by atoms with Crippen LogP contribution in [0.2, 0.25) is 0 Å². The number of carbonyl (C=O) groups is 2. The van der Waals surface area contributed by atoms with Crippen LogP contribution in [0.5, 0.6) is 0 Å². The van der Waals surface area contributed by atoms with E-state index in [0.717, 1.165) is 29.0 Å². The predicted molar refractivity (Wildman–Crippen MR) is 118 cm³/mol. The van der Waals surface area contributed by atoms with Gasteiger partial charge in [0.05, 0.1) is 28.9 Å². The molecule has 0 spiro atoms. The quantitative estimate of drug-likeness (QED) is 0.297. The third-order valence-corrected chi connectivity index (χ3v) is 5.33. The Hall–Kier alpha value is -4.12. The first kappa shape index (κ1) is 22.6. The van der Waals surface area contributed by atoms with Gasteiger partial charge < -0.3 is 10.1 Å². The molecule has 0 saturated carbocycles. The molecular weight excluding hydrogens is 438 g/mol. The minimum atomic E-state index is -0.779. The molecule has 0 radical (unpaired) electrons. The normalized spacial score (nSPS) is 10.4. The molecule has 0 fully saturated rings. The van der Waals surface area contributed by atoms with E-state index >= 15 is 0 Å². The van der Waals surface area contributed by atoms with Crippen LogP contribution in [-0.4, -0.2) is 28.3 Å². The highest BCUT2D eigenvalue weighted by atomic mass is 32.1. The number of esters is 1. The number of amides is 1. The van der Waals surface area contributed by atoms with E-state index in [4.69, 9.17) is 4.74 Å². The summed E-state index contributed by atoms with van der Waals surface area (Å²) in [6.45, 7) is 1.81. The van der Waals surface area contributed by atoms with Crippen LogP contribution in [0.1, 0.15) is 22.8 Å². The summed E-state index contributed by atoms with van der Waals surface area (Å²) in [7, 11) is 0. The van der Waals surface area contributed by atoms with Gasteiger partial charge in [-0.25, -0.2) is 4.79 Å². The SMILES string of the molecule is CCOC(=O)c1c(-c2ccccc2)csc1NC(=O)Cc1ccc([N+](=O)[O-])cc1[N+](=O)[O-]. The zero-order chi connectivity index (χ0) is 23.3. The molecule has 1 amide bonds. The average molecular weight is 455 g/mol. The minimum absolute atomic E-state index is 0.00984. The number of rotatable bonds is 8. The molecule has 3 rings (SSSR count). The third kappa shape index (κ3) is 4.95. The molecular formula is C21H17N3O7S. The summed E-state index contributed by atoms with van der Waals surface area (Å²) in [5.74, 6) is -1.22. The van der Waals surface area contributed by atoms with Crippen molar-refractivity contribution in [1.29, 1.82) is 0 Å². The van der Waals surface area contributed by atoms with Crippen LogP contribution in [0.3, 0.4) is 0 Å². The lowest BCUT2D eigenvalue weighted by atomic mass is 10.0.